The summed E-state index contributed by atoms with van der Waals surface area (Å²) in [4.78, 5) is 6.48. The van der Waals surface area contributed by atoms with Gasteiger partial charge in [-0.25, -0.2) is 0 Å². The molecule has 0 spiro atoms. The van der Waals surface area contributed by atoms with Crippen LogP contribution in [0.3, 0.4) is 0 Å². The van der Waals surface area contributed by atoms with E-state index in [2.05, 4.69) is 25.3 Å². The number of nitrogens with zero attached hydrogens (tertiary/aromatic N) is 2. The van der Waals surface area contributed by atoms with Crippen molar-refractivity contribution in [2.45, 2.75) is 32.0 Å². The number of aromatic hydroxyl groups is 1. The van der Waals surface area contributed by atoms with E-state index >= 15 is 0 Å². The number of halogens is 3. The van der Waals surface area contributed by atoms with Gasteiger partial charge in [-0.05, 0) is 55.3 Å². The summed E-state index contributed by atoms with van der Waals surface area (Å²) >= 11 is 0. The summed E-state index contributed by atoms with van der Waals surface area (Å²) in [6, 6.07) is 11.9. The molecule has 0 aliphatic carbocycles. The van der Waals surface area contributed by atoms with Gasteiger partial charge in [-0.15, -0.1) is 24.0 Å². The zero-order valence-electron chi connectivity index (χ0n) is 18.1. The SMILES string of the molecule is CN=C(NCc1cc(OC)ccc1O)NC1CCCN(c2ccc(OC(F)F)cc2)C1.I. The third-order valence-corrected chi connectivity index (χ3v) is 5.15. The van der Waals surface area contributed by atoms with Gasteiger partial charge in [0.15, 0.2) is 5.96 Å². The number of hydrogen-bond acceptors (Lipinski definition) is 5. The Morgan fingerprint density at radius 2 is 1.94 bits per heavy atom. The minimum Gasteiger partial charge on any atom is -0.508 e. The zero-order chi connectivity index (χ0) is 22.2. The molecule has 2 aromatic carbocycles. The monoisotopic (exact) mass is 562 g/mol. The minimum absolute atomic E-state index is 0. The fourth-order valence-corrected chi connectivity index (χ4v) is 3.57. The van der Waals surface area contributed by atoms with E-state index in [0.29, 0.717) is 23.8 Å². The number of benzene rings is 2. The zero-order valence-corrected chi connectivity index (χ0v) is 20.4. The highest BCUT2D eigenvalue weighted by Crippen LogP contribution is 2.24. The molecule has 1 fully saturated rings. The van der Waals surface area contributed by atoms with Gasteiger partial charge < -0.3 is 30.1 Å². The quantitative estimate of drug-likeness (QED) is 0.270. The number of phenolic OH excluding ortho intramolecular Hbond substituents is 1. The summed E-state index contributed by atoms with van der Waals surface area (Å²) in [5.74, 6) is 1.64. The Labute approximate surface area is 203 Å². The summed E-state index contributed by atoms with van der Waals surface area (Å²) < 4.78 is 34.3. The number of phenols is 1. The van der Waals surface area contributed by atoms with Crippen LogP contribution < -0.4 is 25.0 Å². The standard InChI is InChI=1S/C22H28F2N4O3.HI/c1-25-22(26-13-15-12-19(30-2)9-10-20(15)29)27-16-4-3-11-28(14-16)17-5-7-18(8-6-17)31-21(23)24;/h5-10,12,16,21,29H,3-4,11,13-14H2,1-2H3,(H2,25,26,27);1H. The van der Waals surface area contributed by atoms with Crippen LogP contribution in [-0.4, -0.2) is 51.0 Å². The molecule has 1 atom stereocenters. The molecule has 0 saturated carbocycles. The molecule has 3 N–H and O–H groups in total. The summed E-state index contributed by atoms with van der Waals surface area (Å²) in [7, 11) is 3.28. The van der Waals surface area contributed by atoms with Crippen molar-refractivity contribution in [3.8, 4) is 17.2 Å². The number of rotatable bonds is 7. The Balaban J connectivity index is 0.00000363. The van der Waals surface area contributed by atoms with Crippen LogP contribution in [0, 0.1) is 0 Å². The van der Waals surface area contributed by atoms with E-state index in [4.69, 9.17) is 4.74 Å². The molecule has 1 saturated heterocycles. The number of piperidine rings is 1. The number of alkyl halides is 2. The molecule has 7 nitrogen and oxygen atoms in total. The topological polar surface area (TPSA) is 78.4 Å². The minimum atomic E-state index is -2.83. The van der Waals surface area contributed by atoms with Gasteiger partial charge in [0.1, 0.15) is 17.2 Å². The van der Waals surface area contributed by atoms with Crippen LogP contribution in [0.1, 0.15) is 18.4 Å². The number of hydrogen-bond donors (Lipinski definition) is 3. The van der Waals surface area contributed by atoms with E-state index < -0.39 is 6.61 Å². The van der Waals surface area contributed by atoms with Gasteiger partial charge >= 0.3 is 6.61 Å². The molecule has 176 valence electrons. The van der Waals surface area contributed by atoms with E-state index in [1.165, 1.54) is 0 Å². The highest BCUT2D eigenvalue weighted by Gasteiger charge is 2.21. The van der Waals surface area contributed by atoms with Crippen LogP contribution in [0.4, 0.5) is 14.5 Å². The van der Waals surface area contributed by atoms with Crippen LogP contribution >= 0.6 is 24.0 Å². The molecule has 32 heavy (non-hydrogen) atoms. The Kier molecular flexibility index (Phi) is 10.1. The molecule has 3 rings (SSSR count). The van der Waals surface area contributed by atoms with Crippen LogP contribution in [0.25, 0.3) is 0 Å². The average Bonchev–Trinajstić information content (AvgIpc) is 2.78. The smallest absolute Gasteiger partial charge is 0.387 e. The molecular formula is C22H29F2IN4O3. The van der Waals surface area contributed by atoms with Crippen molar-refractivity contribution in [1.82, 2.24) is 10.6 Å². The van der Waals surface area contributed by atoms with Crippen LogP contribution in [0.2, 0.25) is 0 Å². The molecule has 0 bridgehead atoms. The summed E-state index contributed by atoms with van der Waals surface area (Å²) in [5, 5.41) is 16.7. The van der Waals surface area contributed by atoms with Gasteiger partial charge in [0.2, 0.25) is 0 Å². The molecular weight excluding hydrogens is 533 g/mol. The third kappa shape index (κ3) is 7.28. The van der Waals surface area contributed by atoms with E-state index in [9.17, 15) is 13.9 Å². The fraction of sp³-hybridized carbons (Fsp3) is 0.409. The van der Waals surface area contributed by atoms with Gasteiger partial charge in [0.05, 0.1) is 7.11 Å². The van der Waals surface area contributed by atoms with Gasteiger partial charge in [-0.1, -0.05) is 0 Å². The predicted octanol–water partition coefficient (Wildman–Crippen LogP) is 3.95. The molecule has 10 heteroatoms. The summed E-state index contributed by atoms with van der Waals surface area (Å²) in [6.07, 6.45) is 1.97. The van der Waals surface area contributed by atoms with Gasteiger partial charge in [0, 0.05) is 44.0 Å². The van der Waals surface area contributed by atoms with Crippen molar-refractivity contribution in [2.24, 2.45) is 4.99 Å². The number of methoxy groups -OCH3 is 1. The Hall–Kier alpha value is -2.50. The van der Waals surface area contributed by atoms with E-state index in [1.54, 1.807) is 56.6 Å². The second-order valence-electron chi connectivity index (χ2n) is 7.22. The molecule has 0 amide bonds. The fourth-order valence-electron chi connectivity index (χ4n) is 3.57. The largest absolute Gasteiger partial charge is 0.508 e. The number of guanidine groups is 1. The Morgan fingerprint density at radius 1 is 1.22 bits per heavy atom. The highest BCUT2D eigenvalue weighted by atomic mass is 127. The average molecular weight is 562 g/mol. The van der Waals surface area contributed by atoms with Crippen molar-refractivity contribution in [3.63, 3.8) is 0 Å². The van der Waals surface area contributed by atoms with Gasteiger partial charge in [-0.3, -0.25) is 4.99 Å². The molecule has 1 unspecified atom stereocenters. The third-order valence-electron chi connectivity index (χ3n) is 5.15. The Morgan fingerprint density at radius 3 is 2.59 bits per heavy atom. The lowest BCUT2D eigenvalue weighted by Gasteiger charge is -2.35. The van der Waals surface area contributed by atoms with Crippen LogP contribution in [0.5, 0.6) is 17.2 Å². The first-order chi connectivity index (χ1) is 15.0. The lowest BCUT2D eigenvalue weighted by molar-refractivity contribution is -0.0498. The van der Waals surface area contributed by atoms with Crippen molar-refractivity contribution in [1.29, 1.82) is 0 Å². The van der Waals surface area contributed by atoms with E-state index in [0.717, 1.165) is 31.6 Å². The Bertz CT molecular complexity index is 884. The first-order valence-corrected chi connectivity index (χ1v) is 10.1. The maximum Gasteiger partial charge on any atom is 0.387 e. The van der Waals surface area contributed by atoms with Gasteiger partial charge in [0.25, 0.3) is 0 Å². The van der Waals surface area contributed by atoms with Gasteiger partial charge in [-0.2, -0.15) is 8.78 Å². The number of ether oxygens (including phenoxy) is 2. The first kappa shape index (κ1) is 25.8. The van der Waals surface area contributed by atoms with E-state index in [-0.39, 0.29) is 41.5 Å². The van der Waals surface area contributed by atoms with Crippen molar-refractivity contribution < 1.29 is 23.4 Å². The van der Waals surface area contributed by atoms with Crippen molar-refractivity contribution in [3.05, 3.63) is 48.0 Å². The molecule has 0 aromatic heterocycles. The predicted molar refractivity (Wildman–Crippen MR) is 132 cm³/mol. The molecule has 1 aliphatic heterocycles. The maximum absolute atomic E-state index is 12.3. The number of aliphatic imine (C=N–C) groups is 1. The normalized spacial score (nSPS) is 16.3. The lowest BCUT2D eigenvalue weighted by atomic mass is 10.0. The van der Waals surface area contributed by atoms with E-state index in [1.807, 2.05) is 0 Å². The lowest BCUT2D eigenvalue weighted by Crippen LogP contribution is -2.51. The molecule has 2 aromatic rings. The first-order valence-electron chi connectivity index (χ1n) is 10.1. The summed E-state index contributed by atoms with van der Waals surface area (Å²) in [6.45, 7) is -0.797. The molecule has 1 aliphatic rings. The molecule has 0 radical (unpaired) electrons. The van der Waals surface area contributed by atoms with Crippen LogP contribution in [0.15, 0.2) is 47.5 Å². The second-order valence-corrected chi connectivity index (χ2v) is 7.22. The highest BCUT2D eigenvalue weighted by molar-refractivity contribution is 14.0. The maximum atomic E-state index is 12.3. The number of anilines is 1. The van der Waals surface area contributed by atoms with Crippen molar-refractivity contribution in [2.75, 3.05) is 32.1 Å². The second kappa shape index (κ2) is 12.5. The summed E-state index contributed by atoms with van der Waals surface area (Å²) in [5.41, 5.74) is 1.66. The van der Waals surface area contributed by atoms with Crippen LogP contribution in [-0.2, 0) is 6.54 Å². The van der Waals surface area contributed by atoms with Crippen molar-refractivity contribution >= 4 is 35.6 Å². The number of nitrogens with one attached hydrogen (secondary N) is 2. The molecule has 1 heterocycles.